The number of hydrogen-bond donors (Lipinski definition) is 2. The average Bonchev–Trinajstić information content (AvgIpc) is 2.92. The first-order valence-corrected chi connectivity index (χ1v) is 9.93. The van der Waals surface area contributed by atoms with Gasteiger partial charge in [0.05, 0.1) is 13.2 Å². The van der Waals surface area contributed by atoms with Crippen molar-refractivity contribution in [2.75, 3.05) is 19.8 Å². The Labute approximate surface area is 178 Å². The van der Waals surface area contributed by atoms with E-state index in [1.807, 2.05) is 0 Å². The molecule has 1 unspecified atom stereocenters. The Morgan fingerprint density at radius 3 is 2.68 bits per heavy atom. The molecular weight excluding hydrogens is 405 g/mol. The molecular formula is C22H22FN3O5. The van der Waals surface area contributed by atoms with Gasteiger partial charge in [-0.25, -0.2) is 9.18 Å². The molecule has 1 atom stereocenters. The first kappa shape index (κ1) is 20.6. The van der Waals surface area contributed by atoms with Gasteiger partial charge < -0.3 is 20.1 Å². The highest BCUT2D eigenvalue weighted by Crippen LogP contribution is 2.36. The fourth-order valence-corrected chi connectivity index (χ4v) is 3.55. The zero-order valence-corrected chi connectivity index (χ0v) is 16.9. The van der Waals surface area contributed by atoms with Gasteiger partial charge in [0.25, 0.3) is 5.91 Å². The van der Waals surface area contributed by atoms with E-state index in [2.05, 4.69) is 10.6 Å². The van der Waals surface area contributed by atoms with Gasteiger partial charge >= 0.3 is 6.03 Å². The second-order valence-corrected chi connectivity index (χ2v) is 7.53. The number of halogens is 1. The quantitative estimate of drug-likeness (QED) is 0.712. The first-order valence-electron chi connectivity index (χ1n) is 9.93. The number of benzene rings is 2. The van der Waals surface area contributed by atoms with Crippen LogP contribution in [0.5, 0.6) is 11.5 Å². The van der Waals surface area contributed by atoms with Crippen molar-refractivity contribution in [3.05, 3.63) is 59.4 Å². The molecule has 1 fully saturated rings. The van der Waals surface area contributed by atoms with E-state index in [0.29, 0.717) is 35.8 Å². The van der Waals surface area contributed by atoms with Gasteiger partial charge in [0, 0.05) is 18.5 Å². The van der Waals surface area contributed by atoms with E-state index in [0.717, 1.165) is 11.3 Å². The smallest absolute Gasteiger partial charge is 0.325 e. The molecule has 0 aromatic heterocycles. The highest BCUT2D eigenvalue weighted by atomic mass is 19.1. The summed E-state index contributed by atoms with van der Waals surface area (Å²) in [6.07, 6.45) is 0.743. The summed E-state index contributed by atoms with van der Waals surface area (Å²) in [6.45, 7) is 2.08. The van der Waals surface area contributed by atoms with Crippen molar-refractivity contribution in [2.24, 2.45) is 0 Å². The lowest BCUT2D eigenvalue weighted by molar-refractivity contribution is -0.134. The minimum absolute atomic E-state index is 0.0470. The molecule has 1 saturated heterocycles. The summed E-state index contributed by atoms with van der Waals surface area (Å²) in [5.74, 6) is -0.507. The van der Waals surface area contributed by atoms with Gasteiger partial charge in [0.1, 0.15) is 17.9 Å². The zero-order valence-electron chi connectivity index (χ0n) is 16.9. The molecule has 9 heteroatoms. The van der Waals surface area contributed by atoms with E-state index in [-0.39, 0.29) is 6.54 Å². The number of nitrogens with one attached hydrogen (secondary N) is 2. The number of fused-ring (bicyclic) bond motifs is 1. The fraction of sp³-hybridized carbons (Fsp3) is 0.318. The third kappa shape index (κ3) is 4.03. The van der Waals surface area contributed by atoms with E-state index >= 15 is 0 Å². The number of urea groups is 1. The van der Waals surface area contributed by atoms with Gasteiger partial charge in [-0.3, -0.25) is 14.5 Å². The Morgan fingerprint density at radius 1 is 1.16 bits per heavy atom. The van der Waals surface area contributed by atoms with Crippen LogP contribution in [0.25, 0.3) is 0 Å². The summed E-state index contributed by atoms with van der Waals surface area (Å²) >= 11 is 0. The maximum Gasteiger partial charge on any atom is 0.325 e. The normalized spacial score (nSPS) is 20.3. The van der Waals surface area contributed by atoms with Crippen molar-refractivity contribution in [1.82, 2.24) is 15.5 Å². The van der Waals surface area contributed by atoms with Crippen LogP contribution in [0, 0.1) is 5.82 Å². The standard InChI is InChI=1S/C22H22FN3O5/c1-22(15-7-8-17-18(11-15)31-10-4-9-30-17)20(28)26(21(29)25-22)13-19(27)24-12-14-5-2-3-6-16(14)23/h2-3,5-8,11H,4,9-10,12-13H2,1H3,(H,24,27)(H,25,29). The molecule has 0 bridgehead atoms. The SMILES string of the molecule is CC1(c2ccc3c(c2)OCCCO3)NC(=O)N(CC(=O)NCc2ccccc2F)C1=O. The van der Waals surface area contributed by atoms with Crippen LogP contribution in [0.3, 0.4) is 0 Å². The van der Waals surface area contributed by atoms with Gasteiger partial charge in [0.15, 0.2) is 11.5 Å². The van der Waals surface area contributed by atoms with Gasteiger partial charge in [-0.2, -0.15) is 0 Å². The monoisotopic (exact) mass is 427 g/mol. The number of amides is 4. The molecule has 0 radical (unpaired) electrons. The molecule has 2 aliphatic rings. The summed E-state index contributed by atoms with van der Waals surface area (Å²) in [4.78, 5) is 38.7. The number of carbonyl (C=O) groups excluding carboxylic acids is 3. The van der Waals surface area contributed by atoms with Crippen LogP contribution in [0.4, 0.5) is 9.18 Å². The maximum atomic E-state index is 13.7. The third-order valence-corrected chi connectivity index (χ3v) is 5.34. The van der Waals surface area contributed by atoms with Gasteiger partial charge in [-0.05, 0) is 30.7 Å². The van der Waals surface area contributed by atoms with E-state index < -0.39 is 35.7 Å². The van der Waals surface area contributed by atoms with Crippen LogP contribution in [-0.2, 0) is 21.7 Å². The maximum absolute atomic E-state index is 13.7. The molecule has 162 valence electrons. The van der Waals surface area contributed by atoms with Crippen molar-refractivity contribution >= 4 is 17.8 Å². The lowest BCUT2D eigenvalue weighted by Gasteiger charge is -2.23. The van der Waals surface area contributed by atoms with Crippen LogP contribution in [0.1, 0.15) is 24.5 Å². The summed E-state index contributed by atoms with van der Waals surface area (Å²) < 4.78 is 25.0. The molecule has 2 N–H and O–H groups in total. The summed E-state index contributed by atoms with van der Waals surface area (Å²) in [5.41, 5.74) is -0.525. The van der Waals surface area contributed by atoms with Gasteiger partial charge in [-0.15, -0.1) is 0 Å². The number of nitrogens with zero attached hydrogens (tertiary/aromatic N) is 1. The van der Waals surface area contributed by atoms with Gasteiger partial charge in [-0.1, -0.05) is 24.3 Å². The average molecular weight is 427 g/mol. The molecule has 4 rings (SSSR count). The minimum Gasteiger partial charge on any atom is -0.490 e. The van der Waals surface area contributed by atoms with Crippen molar-refractivity contribution in [3.8, 4) is 11.5 Å². The van der Waals surface area contributed by atoms with Gasteiger partial charge in [0.2, 0.25) is 5.91 Å². The Balaban J connectivity index is 1.46. The van der Waals surface area contributed by atoms with Crippen molar-refractivity contribution in [2.45, 2.75) is 25.4 Å². The molecule has 2 heterocycles. The van der Waals surface area contributed by atoms with Crippen LogP contribution in [0.15, 0.2) is 42.5 Å². The van der Waals surface area contributed by atoms with E-state index in [9.17, 15) is 18.8 Å². The number of rotatable bonds is 5. The first-order chi connectivity index (χ1) is 14.9. The molecule has 0 spiro atoms. The highest BCUT2D eigenvalue weighted by Gasteiger charge is 2.49. The molecule has 4 amide bonds. The molecule has 0 aliphatic carbocycles. The van der Waals surface area contributed by atoms with Crippen molar-refractivity contribution in [3.63, 3.8) is 0 Å². The predicted octanol–water partition coefficient (Wildman–Crippen LogP) is 2.07. The third-order valence-electron chi connectivity index (χ3n) is 5.34. The Bertz CT molecular complexity index is 1040. The molecule has 0 saturated carbocycles. The number of ether oxygens (including phenoxy) is 2. The van der Waals surface area contributed by atoms with Crippen LogP contribution >= 0.6 is 0 Å². The fourth-order valence-electron chi connectivity index (χ4n) is 3.55. The molecule has 2 aromatic carbocycles. The lowest BCUT2D eigenvalue weighted by Crippen LogP contribution is -2.43. The Kier molecular flexibility index (Phi) is 5.50. The zero-order chi connectivity index (χ0) is 22.0. The van der Waals surface area contributed by atoms with Crippen LogP contribution in [0.2, 0.25) is 0 Å². The number of carbonyl (C=O) groups is 3. The van der Waals surface area contributed by atoms with E-state index in [4.69, 9.17) is 9.47 Å². The van der Waals surface area contributed by atoms with Crippen LogP contribution in [-0.4, -0.2) is 42.5 Å². The van der Waals surface area contributed by atoms with E-state index in [1.165, 1.54) is 6.07 Å². The second-order valence-electron chi connectivity index (χ2n) is 7.53. The topological polar surface area (TPSA) is 97.0 Å². The Morgan fingerprint density at radius 2 is 1.90 bits per heavy atom. The molecule has 2 aromatic rings. The highest BCUT2D eigenvalue weighted by molar-refractivity contribution is 6.09. The molecule has 8 nitrogen and oxygen atoms in total. The van der Waals surface area contributed by atoms with Crippen LogP contribution < -0.4 is 20.1 Å². The molecule has 31 heavy (non-hydrogen) atoms. The van der Waals surface area contributed by atoms with Crippen molar-refractivity contribution < 1.29 is 28.2 Å². The lowest BCUT2D eigenvalue weighted by atomic mass is 9.91. The number of hydrogen-bond acceptors (Lipinski definition) is 5. The largest absolute Gasteiger partial charge is 0.490 e. The summed E-state index contributed by atoms with van der Waals surface area (Å²) in [7, 11) is 0. The Hall–Kier alpha value is -3.62. The minimum atomic E-state index is -1.35. The second kappa shape index (κ2) is 8.25. The number of imide groups is 1. The summed E-state index contributed by atoms with van der Waals surface area (Å²) in [5, 5.41) is 5.19. The summed E-state index contributed by atoms with van der Waals surface area (Å²) in [6, 6.07) is 10.4. The molecule has 2 aliphatic heterocycles. The van der Waals surface area contributed by atoms with Crippen molar-refractivity contribution in [1.29, 1.82) is 0 Å². The van der Waals surface area contributed by atoms with E-state index in [1.54, 1.807) is 43.3 Å². The predicted molar refractivity (Wildman–Crippen MR) is 108 cm³/mol.